The molecule has 1 fully saturated rings. The first-order valence-electron chi connectivity index (χ1n) is 11.8. The van der Waals surface area contributed by atoms with Gasteiger partial charge in [-0.2, -0.15) is 0 Å². The van der Waals surface area contributed by atoms with Crippen LogP contribution in [0.4, 0.5) is 4.79 Å². The fourth-order valence-corrected chi connectivity index (χ4v) is 4.16. The van der Waals surface area contributed by atoms with Gasteiger partial charge in [0.2, 0.25) is 0 Å². The molecule has 0 aromatic heterocycles. The first kappa shape index (κ1) is 29.3. The lowest BCUT2D eigenvalue weighted by atomic mass is 9.60. The Bertz CT molecular complexity index is 903. The summed E-state index contributed by atoms with van der Waals surface area (Å²) in [5.74, 6) is 3.39. The molecule has 0 bridgehead atoms. The Labute approximate surface area is 223 Å². The second kappa shape index (κ2) is 11.0. The van der Waals surface area contributed by atoms with Crippen molar-refractivity contribution in [3.8, 4) is 11.2 Å². The number of benzene rings is 1. The van der Waals surface area contributed by atoms with Crippen molar-refractivity contribution in [2.45, 2.75) is 97.9 Å². The summed E-state index contributed by atoms with van der Waals surface area (Å²) in [4.78, 5) is 15.5. The van der Waals surface area contributed by atoms with Crippen LogP contribution >= 0.6 is 30.1 Å². The largest absolute Gasteiger partial charge is 0.490 e. The number of nitrogens with zero attached hydrogens (tertiary/aromatic N) is 1. The smallest absolute Gasteiger partial charge is 0.444 e. The minimum absolute atomic E-state index is 0.264. The van der Waals surface area contributed by atoms with Crippen LogP contribution in [0.25, 0.3) is 0 Å². The molecule has 188 valence electrons. The fraction of sp³-hybridized carbons (Fsp3) is 0.654. The summed E-state index contributed by atoms with van der Waals surface area (Å²) < 4.78 is 19.0. The zero-order chi connectivity index (χ0) is 25.9. The van der Waals surface area contributed by atoms with E-state index in [9.17, 15) is 4.79 Å². The van der Waals surface area contributed by atoms with Gasteiger partial charge in [-0.05, 0) is 93.2 Å². The summed E-state index contributed by atoms with van der Waals surface area (Å²) in [6.07, 6.45) is 0.552. The molecule has 34 heavy (non-hydrogen) atoms. The van der Waals surface area contributed by atoms with Crippen LogP contribution in [0, 0.1) is 17.1 Å². The van der Waals surface area contributed by atoms with E-state index >= 15 is 0 Å². The molecule has 0 aliphatic carbocycles. The highest BCUT2D eigenvalue weighted by Crippen LogP contribution is 2.45. The number of carbonyl (C=O) groups is 1. The molecule has 0 spiro atoms. The molecule has 2 rings (SSSR count). The van der Waals surface area contributed by atoms with Gasteiger partial charge in [0.1, 0.15) is 11.0 Å². The molecule has 1 amide bonds. The molecule has 0 radical (unpaired) electrons. The van der Waals surface area contributed by atoms with Gasteiger partial charge in [0, 0.05) is 33.3 Å². The zero-order valence-electron chi connectivity index (χ0n) is 22.2. The molecule has 0 unspecified atom stereocenters. The Morgan fingerprint density at radius 1 is 1.15 bits per heavy atom. The third kappa shape index (κ3) is 6.66. The summed E-state index contributed by atoms with van der Waals surface area (Å²) >= 11 is 2.16. The molecule has 0 saturated carbocycles. The predicted octanol–water partition coefficient (Wildman–Crippen LogP) is 7.21. The molecule has 5 nitrogen and oxygen atoms in total. The Hall–Kier alpha value is -0.885. The number of amides is 1. The summed E-state index contributed by atoms with van der Waals surface area (Å²) in [5, 5.41) is 3.02. The maximum Gasteiger partial charge on any atom is 0.490 e. The first-order valence-corrected chi connectivity index (χ1v) is 15.2. The number of hydrogen-bond donors (Lipinski definition) is 0. The minimum atomic E-state index is -0.930. The van der Waals surface area contributed by atoms with Crippen LogP contribution in [0.5, 0.6) is 0 Å². The average molecular weight is 599 g/mol. The van der Waals surface area contributed by atoms with E-state index in [1.165, 1.54) is 8.93 Å². The molecule has 0 N–H and O–H groups in total. The molecule has 1 heterocycles. The SMILES string of the molecule is CC[C@H](C)CN(C(=O)OC(C)(C)C)[C@@](C)(B1OC(C)(C)C(C)(C)O1)c1ccc(C#CSI)cc1. The van der Waals surface area contributed by atoms with Crippen LogP contribution < -0.4 is 0 Å². The number of hydrogen-bond acceptors (Lipinski definition) is 5. The molecular weight excluding hydrogens is 560 g/mol. The number of halogens is 1. The number of rotatable bonds is 6. The van der Waals surface area contributed by atoms with Crippen molar-refractivity contribution in [1.82, 2.24) is 4.90 Å². The van der Waals surface area contributed by atoms with Gasteiger partial charge in [0.15, 0.2) is 0 Å². The molecule has 8 heteroatoms. The standard InChI is InChI=1S/C26H39BINO4S/c1-11-19(2)18-29(22(30)31-23(3,4)5)26(10,27-32-24(6,7)25(8,9)33-27)21-14-12-20(13-15-21)16-17-34-28/h12-15,19H,11,18H2,1-10H3/t19-,26+/m0/s1. The maximum absolute atomic E-state index is 13.7. The monoisotopic (exact) mass is 599 g/mol. The van der Waals surface area contributed by atoms with Gasteiger partial charge in [-0.3, -0.25) is 4.90 Å². The van der Waals surface area contributed by atoms with E-state index in [4.69, 9.17) is 14.0 Å². The summed E-state index contributed by atoms with van der Waals surface area (Å²) in [6.45, 7) is 20.6. The highest BCUT2D eigenvalue weighted by Gasteiger charge is 2.61. The lowest BCUT2D eigenvalue weighted by molar-refractivity contribution is 0.00156. The van der Waals surface area contributed by atoms with Gasteiger partial charge in [-0.1, -0.05) is 38.3 Å². The van der Waals surface area contributed by atoms with Gasteiger partial charge >= 0.3 is 13.2 Å². The van der Waals surface area contributed by atoms with Crippen LogP contribution in [0.2, 0.25) is 0 Å². The van der Waals surface area contributed by atoms with Crippen LogP contribution in [-0.2, 0) is 19.5 Å². The minimum Gasteiger partial charge on any atom is -0.444 e. The van der Waals surface area contributed by atoms with E-state index in [1.807, 2.05) is 79.7 Å². The van der Waals surface area contributed by atoms with Crippen molar-refractivity contribution in [2.75, 3.05) is 6.54 Å². The van der Waals surface area contributed by atoms with Crippen molar-refractivity contribution in [1.29, 1.82) is 0 Å². The highest BCUT2D eigenvalue weighted by atomic mass is 127. The fourth-order valence-electron chi connectivity index (χ4n) is 3.67. The Kier molecular flexibility index (Phi) is 9.51. The number of carbonyl (C=O) groups excluding carboxylic acids is 1. The summed E-state index contributed by atoms with van der Waals surface area (Å²) in [6, 6.07) is 7.99. The van der Waals surface area contributed by atoms with Crippen molar-refractivity contribution in [3.63, 3.8) is 0 Å². The van der Waals surface area contributed by atoms with E-state index in [0.29, 0.717) is 6.54 Å². The molecule has 1 aromatic carbocycles. The van der Waals surface area contributed by atoms with Crippen molar-refractivity contribution < 1.29 is 18.8 Å². The first-order chi connectivity index (χ1) is 15.6. The Balaban J connectivity index is 2.67. The normalized spacial score (nSPS) is 19.6. The van der Waals surface area contributed by atoms with E-state index in [1.54, 1.807) is 4.90 Å². The maximum atomic E-state index is 13.7. The van der Waals surface area contributed by atoms with Crippen LogP contribution in [0.3, 0.4) is 0 Å². The predicted molar refractivity (Wildman–Crippen MR) is 151 cm³/mol. The van der Waals surface area contributed by atoms with Gasteiger partial charge in [-0.25, -0.2) is 4.79 Å². The molecular formula is C26H39BINO4S. The quantitative estimate of drug-likeness (QED) is 0.197. The summed E-state index contributed by atoms with van der Waals surface area (Å²) in [5.41, 5.74) is -0.822. The molecule has 2 atom stereocenters. The molecule has 1 aliphatic heterocycles. The lowest BCUT2D eigenvalue weighted by Gasteiger charge is -2.44. The van der Waals surface area contributed by atoms with E-state index in [0.717, 1.165) is 17.5 Å². The van der Waals surface area contributed by atoms with E-state index in [-0.39, 0.29) is 12.0 Å². The van der Waals surface area contributed by atoms with Gasteiger partial charge in [0.05, 0.1) is 11.2 Å². The van der Waals surface area contributed by atoms with Gasteiger partial charge in [-0.15, -0.1) is 0 Å². The zero-order valence-corrected chi connectivity index (χ0v) is 25.2. The topological polar surface area (TPSA) is 48.0 Å². The van der Waals surface area contributed by atoms with E-state index < -0.39 is 29.4 Å². The molecule has 1 saturated heterocycles. The third-order valence-corrected chi connectivity index (χ3v) is 7.62. The van der Waals surface area contributed by atoms with E-state index in [2.05, 4.69) is 46.2 Å². The molecule has 1 aromatic rings. The lowest BCUT2D eigenvalue weighted by Crippen LogP contribution is -2.60. The van der Waals surface area contributed by atoms with Crippen molar-refractivity contribution >= 4 is 43.4 Å². The van der Waals surface area contributed by atoms with Crippen molar-refractivity contribution in [2.24, 2.45) is 5.92 Å². The third-order valence-electron chi connectivity index (χ3n) is 6.78. The van der Waals surface area contributed by atoms with Crippen LogP contribution in [0.1, 0.15) is 86.8 Å². The van der Waals surface area contributed by atoms with Crippen LogP contribution in [-0.4, -0.2) is 41.5 Å². The van der Waals surface area contributed by atoms with Crippen LogP contribution in [0.15, 0.2) is 24.3 Å². The summed E-state index contributed by atoms with van der Waals surface area (Å²) in [7, 11) is 0.765. The van der Waals surface area contributed by atoms with Crippen molar-refractivity contribution in [3.05, 3.63) is 35.4 Å². The number of ether oxygens (including phenoxy) is 1. The molecule has 1 aliphatic rings. The second-order valence-corrected chi connectivity index (χ2v) is 12.9. The Morgan fingerprint density at radius 2 is 1.68 bits per heavy atom. The average Bonchev–Trinajstić information content (AvgIpc) is 2.96. The Morgan fingerprint density at radius 3 is 2.12 bits per heavy atom. The van der Waals surface area contributed by atoms with Gasteiger partial charge < -0.3 is 14.0 Å². The second-order valence-electron chi connectivity index (χ2n) is 11.2. The van der Waals surface area contributed by atoms with Gasteiger partial charge in [0.25, 0.3) is 0 Å². The highest BCUT2D eigenvalue weighted by molar-refractivity contribution is 14.2.